The molecule has 1 heterocycles. The smallest absolute Gasteiger partial charge is 0.0278 e. The molecule has 0 unspecified atom stereocenters. The summed E-state index contributed by atoms with van der Waals surface area (Å²) < 4.78 is 0. The fourth-order valence-corrected chi connectivity index (χ4v) is 3.82. The predicted molar refractivity (Wildman–Crippen MR) is 44.1 cm³/mol. The minimum Gasteiger partial charge on any atom is -0.326 e. The Morgan fingerprint density at radius 3 is 2.73 bits per heavy atom. The number of nitrogens with zero attached hydrogens (tertiary/aromatic N) is 1. The van der Waals surface area contributed by atoms with Gasteiger partial charge in [-0.1, -0.05) is 0 Å². The Labute approximate surface area is 67.7 Å². The SMILES string of the molecule is CN1C[C@H]2C[C@@H]3C[C@H]2[C@H]1[C@H]3N. The molecule has 1 aliphatic heterocycles. The van der Waals surface area contributed by atoms with Gasteiger partial charge in [-0.15, -0.1) is 0 Å². The Hall–Kier alpha value is -0.0800. The number of likely N-dealkylation sites (N-methyl/N-ethyl adjacent to an activating group) is 1. The first-order chi connectivity index (χ1) is 5.27. The fraction of sp³-hybridized carbons (Fsp3) is 1.00. The van der Waals surface area contributed by atoms with Crippen molar-refractivity contribution in [2.75, 3.05) is 13.6 Å². The lowest BCUT2D eigenvalue weighted by Gasteiger charge is -2.27. The number of likely N-dealkylation sites (tertiary alicyclic amines) is 1. The summed E-state index contributed by atoms with van der Waals surface area (Å²) in [6, 6.07) is 1.25. The van der Waals surface area contributed by atoms with Crippen LogP contribution < -0.4 is 5.73 Å². The molecule has 0 spiro atoms. The highest BCUT2D eigenvalue weighted by atomic mass is 15.2. The Morgan fingerprint density at radius 1 is 1.27 bits per heavy atom. The highest BCUT2D eigenvalue weighted by Crippen LogP contribution is 2.53. The van der Waals surface area contributed by atoms with Crippen LogP contribution >= 0.6 is 0 Å². The molecule has 2 nitrogen and oxygen atoms in total. The molecule has 0 aromatic heterocycles. The van der Waals surface area contributed by atoms with Gasteiger partial charge in [0.1, 0.15) is 0 Å². The molecule has 3 aliphatic rings. The van der Waals surface area contributed by atoms with Gasteiger partial charge in [0.25, 0.3) is 0 Å². The molecule has 5 atom stereocenters. The summed E-state index contributed by atoms with van der Waals surface area (Å²) >= 11 is 0. The van der Waals surface area contributed by atoms with E-state index in [1.165, 1.54) is 19.4 Å². The largest absolute Gasteiger partial charge is 0.326 e. The molecule has 11 heavy (non-hydrogen) atoms. The molecule has 0 aromatic carbocycles. The molecular weight excluding hydrogens is 136 g/mol. The summed E-state index contributed by atoms with van der Waals surface area (Å²) in [6.45, 7) is 1.32. The van der Waals surface area contributed by atoms with E-state index in [-0.39, 0.29) is 0 Å². The van der Waals surface area contributed by atoms with Gasteiger partial charge in [0.2, 0.25) is 0 Å². The predicted octanol–water partition coefficient (Wildman–Crippen LogP) is 0.284. The lowest BCUT2D eigenvalue weighted by molar-refractivity contribution is 0.253. The zero-order valence-corrected chi connectivity index (χ0v) is 7.03. The van der Waals surface area contributed by atoms with Gasteiger partial charge in [-0.25, -0.2) is 0 Å². The first-order valence-electron chi connectivity index (χ1n) is 4.73. The molecule has 0 aromatic rings. The summed E-state index contributed by atoms with van der Waals surface area (Å²) in [5, 5.41) is 0. The molecule has 3 rings (SSSR count). The second-order valence-corrected chi connectivity index (χ2v) is 4.66. The maximum atomic E-state index is 6.15. The highest BCUT2D eigenvalue weighted by Gasteiger charge is 2.56. The Bertz CT molecular complexity index is 186. The molecule has 0 amide bonds. The van der Waals surface area contributed by atoms with E-state index in [1.54, 1.807) is 0 Å². The van der Waals surface area contributed by atoms with Crippen LogP contribution in [0.1, 0.15) is 12.8 Å². The first-order valence-corrected chi connectivity index (χ1v) is 4.73. The van der Waals surface area contributed by atoms with Crippen molar-refractivity contribution >= 4 is 0 Å². The van der Waals surface area contributed by atoms with Gasteiger partial charge >= 0.3 is 0 Å². The maximum Gasteiger partial charge on any atom is 0.0278 e. The van der Waals surface area contributed by atoms with Gasteiger partial charge in [0, 0.05) is 18.6 Å². The van der Waals surface area contributed by atoms with E-state index < -0.39 is 0 Å². The van der Waals surface area contributed by atoms with Gasteiger partial charge in [-0.2, -0.15) is 0 Å². The van der Waals surface area contributed by atoms with E-state index in [1.807, 2.05) is 0 Å². The van der Waals surface area contributed by atoms with Crippen LogP contribution in [-0.2, 0) is 0 Å². The summed E-state index contributed by atoms with van der Waals surface area (Å²) in [5.74, 6) is 2.86. The molecule has 2 heteroatoms. The molecule has 3 fully saturated rings. The van der Waals surface area contributed by atoms with E-state index in [4.69, 9.17) is 5.73 Å². The third-order valence-corrected chi connectivity index (χ3v) is 4.19. The minimum absolute atomic E-state index is 0.503. The molecule has 2 saturated carbocycles. The zero-order valence-electron chi connectivity index (χ0n) is 7.03. The maximum absolute atomic E-state index is 6.15. The van der Waals surface area contributed by atoms with Crippen molar-refractivity contribution in [1.29, 1.82) is 0 Å². The number of hydrogen-bond acceptors (Lipinski definition) is 2. The van der Waals surface area contributed by atoms with Crippen molar-refractivity contribution < 1.29 is 0 Å². The van der Waals surface area contributed by atoms with E-state index in [9.17, 15) is 0 Å². The van der Waals surface area contributed by atoms with E-state index in [0.29, 0.717) is 6.04 Å². The van der Waals surface area contributed by atoms with Crippen LogP contribution in [0.5, 0.6) is 0 Å². The van der Waals surface area contributed by atoms with E-state index in [2.05, 4.69) is 11.9 Å². The van der Waals surface area contributed by atoms with Crippen molar-refractivity contribution in [3.63, 3.8) is 0 Å². The zero-order chi connectivity index (χ0) is 7.59. The molecule has 2 bridgehead atoms. The third kappa shape index (κ3) is 0.611. The molecule has 2 N–H and O–H groups in total. The van der Waals surface area contributed by atoms with Crippen LogP contribution in [0.4, 0.5) is 0 Å². The quantitative estimate of drug-likeness (QED) is 0.540. The second kappa shape index (κ2) is 1.80. The number of hydrogen-bond donors (Lipinski definition) is 1. The van der Waals surface area contributed by atoms with Crippen molar-refractivity contribution in [3.8, 4) is 0 Å². The van der Waals surface area contributed by atoms with Crippen molar-refractivity contribution in [2.45, 2.75) is 24.9 Å². The number of fused-ring (bicyclic) bond motifs is 1. The van der Waals surface area contributed by atoms with Crippen molar-refractivity contribution in [1.82, 2.24) is 4.90 Å². The third-order valence-electron chi connectivity index (χ3n) is 4.19. The van der Waals surface area contributed by atoms with Crippen molar-refractivity contribution in [2.24, 2.45) is 23.5 Å². The average molecular weight is 152 g/mol. The van der Waals surface area contributed by atoms with Gasteiger partial charge < -0.3 is 10.6 Å². The summed E-state index contributed by atoms with van der Waals surface area (Å²) in [7, 11) is 2.24. The molecule has 62 valence electrons. The average Bonchev–Trinajstić information content (AvgIpc) is 2.47. The summed E-state index contributed by atoms with van der Waals surface area (Å²) in [5.41, 5.74) is 6.15. The van der Waals surface area contributed by atoms with Crippen LogP contribution in [0.3, 0.4) is 0 Å². The standard InChI is InChI=1S/C9H16N2/c1-11-4-6-2-5-3-7(6)9(11)8(5)10/h5-9H,2-4,10H2,1H3/t5-,6-,7-,8+,9+/m1/s1. The van der Waals surface area contributed by atoms with Gasteiger partial charge in [0.05, 0.1) is 0 Å². The van der Waals surface area contributed by atoms with Crippen LogP contribution in [-0.4, -0.2) is 30.6 Å². The first kappa shape index (κ1) is 6.44. The molecule has 1 saturated heterocycles. The molecule has 0 radical (unpaired) electrons. The Balaban J connectivity index is 1.99. The van der Waals surface area contributed by atoms with Crippen LogP contribution in [0.25, 0.3) is 0 Å². The lowest BCUT2D eigenvalue weighted by Crippen LogP contribution is -2.44. The lowest BCUT2D eigenvalue weighted by atomic mass is 9.87. The van der Waals surface area contributed by atoms with E-state index >= 15 is 0 Å². The number of nitrogens with two attached hydrogens (primary N) is 1. The Morgan fingerprint density at radius 2 is 2.09 bits per heavy atom. The minimum atomic E-state index is 0.503. The van der Waals surface area contributed by atoms with Crippen molar-refractivity contribution in [3.05, 3.63) is 0 Å². The normalized spacial score (nSPS) is 61.1. The second-order valence-electron chi connectivity index (χ2n) is 4.66. The highest BCUT2D eigenvalue weighted by molar-refractivity contribution is 5.11. The van der Waals surface area contributed by atoms with Gasteiger partial charge in [0.15, 0.2) is 0 Å². The monoisotopic (exact) mass is 152 g/mol. The topological polar surface area (TPSA) is 29.3 Å². The summed E-state index contributed by atoms with van der Waals surface area (Å²) in [6.07, 6.45) is 2.85. The Kier molecular flexibility index (Phi) is 1.06. The van der Waals surface area contributed by atoms with Crippen LogP contribution in [0, 0.1) is 17.8 Å². The fourth-order valence-electron chi connectivity index (χ4n) is 3.82. The van der Waals surface area contributed by atoms with Crippen LogP contribution in [0.15, 0.2) is 0 Å². The molecule has 2 aliphatic carbocycles. The van der Waals surface area contributed by atoms with Crippen LogP contribution in [0.2, 0.25) is 0 Å². The van der Waals surface area contributed by atoms with E-state index in [0.717, 1.165) is 23.8 Å². The summed E-state index contributed by atoms with van der Waals surface area (Å²) in [4.78, 5) is 2.49. The van der Waals surface area contributed by atoms with Gasteiger partial charge in [-0.3, -0.25) is 0 Å². The van der Waals surface area contributed by atoms with Gasteiger partial charge in [-0.05, 0) is 37.6 Å². The number of rotatable bonds is 0. The molecular formula is C9H16N2.